The van der Waals surface area contributed by atoms with Gasteiger partial charge in [-0.15, -0.1) is 0 Å². The Labute approximate surface area is 190 Å². The van der Waals surface area contributed by atoms with Gasteiger partial charge >= 0.3 is 0 Å². The molecule has 32 heavy (non-hydrogen) atoms. The van der Waals surface area contributed by atoms with Crippen molar-refractivity contribution >= 4 is 34.0 Å². The summed E-state index contributed by atoms with van der Waals surface area (Å²) in [5, 5.41) is 19.0. The van der Waals surface area contributed by atoms with Gasteiger partial charge in [0.05, 0.1) is 12.4 Å². The first kappa shape index (κ1) is 20.9. The number of hydrogen-bond donors (Lipinski definition) is 0. The molecule has 0 aliphatic carbocycles. The highest BCUT2D eigenvalue weighted by molar-refractivity contribution is 6.21. The van der Waals surface area contributed by atoms with Gasteiger partial charge in [0.25, 0.3) is 0 Å². The minimum Gasteiger partial charge on any atom is -0.303 e. The molecule has 2 fully saturated rings. The Balaban J connectivity index is 1.56. The lowest BCUT2D eigenvalue weighted by molar-refractivity contribution is 0.159. The third-order valence-electron chi connectivity index (χ3n) is 6.67. The van der Waals surface area contributed by atoms with E-state index in [1.165, 1.54) is 32.7 Å². The van der Waals surface area contributed by atoms with Crippen molar-refractivity contribution in [3.63, 3.8) is 0 Å². The summed E-state index contributed by atoms with van der Waals surface area (Å²) in [5.41, 5.74) is 2.37. The molecule has 0 unspecified atom stereocenters. The standard InChI is InChI=1S/C26H32N6/c1-29-11-15-31(16-12-29)27-19-25-21-7-3-5-9-23(21)26(24-10-6-4-8-22(24)25)20-28-32-17-13-30(2)14-18-32/h3-10,19-20H,11-18H2,1-2H3/b27-19+,28-20+. The maximum atomic E-state index is 4.88. The predicted molar refractivity (Wildman–Crippen MR) is 135 cm³/mol. The number of piperazine rings is 2. The zero-order chi connectivity index (χ0) is 21.9. The van der Waals surface area contributed by atoms with Crippen molar-refractivity contribution < 1.29 is 0 Å². The van der Waals surface area contributed by atoms with Gasteiger partial charge in [-0.2, -0.15) is 10.2 Å². The first-order valence-electron chi connectivity index (χ1n) is 11.6. The molecule has 6 nitrogen and oxygen atoms in total. The van der Waals surface area contributed by atoms with Gasteiger partial charge in [0.1, 0.15) is 0 Å². The lowest BCUT2D eigenvalue weighted by Crippen LogP contribution is -2.41. The summed E-state index contributed by atoms with van der Waals surface area (Å²) in [6.45, 7) is 8.11. The number of nitrogens with zero attached hydrogens (tertiary/aromatic N) is 6. The van der Waals surface area contributed by atoms with Crippen LogP contribution in [0.5, 0.6) is 0 Å². The molecule has 166 valence electrons. The molecule has 0 atom stereocenters. The second-order valence-corrected chi connectivity index (χ2v) is 8.92. The Hall–Kier alpha value is -2.96. The summed E-state index contributed by atoms with van der Waals surface area (Å²) >= 11 is 0. The van der Waals surface area contributed by atoms with Crippen LogP contribution in [-0.4, -0.2) is 98.7 Å². The molecule has 0 spiro atoms. The van der Waals surface area contributed by atoms with Crippen molar-refractivity contribution in [2.24, 2.45) is 10.2 Å². The van der Waals surface area contributed by atoms with Gasteiger partial charge in [-0.3, -0.25) is 10.0 Å². The average molecular weight is 429 g/mol. The van der Waals surface area contributed by atoms with Crippen LogP contribution in [-0.2, 0) is 0 Å². The van der Waals surface area contributed by atoms with E-state index in [1.807, 2.05) is 0 Å². The van der Waals surface area contributed by atoms with Gasteiger partial charge in [-0.1, -0.05) is 48.5 Å². The molecule has 3 aromatic carbocycles. The summed E-state index contributed by atoms with van der Waals surface area (Å²) in [6.07, 6.45) is 4.13. The van der Waals surface area contributed by atoms with Crippen LogP contribution in [0.3, 0.4) is 0 Å². The summed E-state index contributed by atoms with van der Waals surface area (Å²) < 4.78 is 0. The molecule has 0 amide bonds. The van der Waals surface area contributed by atoms with Crippen molar-refractivity contribution in [2.45, 2.75) is 0 Å². The van der Waals surface area contributed by atoms with Gasteiger partial charge in [-0.25, -0.2) is 0 Å². The summed E-state index contributed by atoms with van der Waals surface area (Å²) in [4.78, 5) is 4.70. The van der Waals surface area contributed by atoms with Crippen LogP contribution in [0.2, 0.25) is 0 Å². The number of rotatable bonds is 4. The van der Waals surface area contributed by atoms with Gasteiger partial charge in [0.15, 0.2) is 0 Å². The highest BCUT2D eigenvalue weighted by atomic mass is 15.5. The lowest BCUT2D eigenvalue weighted by Gasteiger charge is -2.30. The normalized spacial score (nSPS) is 19.2. The molecule has 2 aliphatic heterocycles. The molecule has 0 bridgehead atoms. The fourth-order valence-electron chi connectivity index (χ4n) is 4.58. The van der Waals surface area contributed by atoms with E-state index in [0.29, 0.717) is 0 Å². The Kier molecular flexibility index (Phi) is 6.06. The summed E-state index contributed by atoms with van der Waals surface area (Å²) in [5.74, 6) is 0. The van der Waals surface area contributed by atoms with E-state index in [2.05, 4.69) is 94.9 Å². The van der Waals surface area contributed by atoms with Gasteiger partial charge in [-0.05, 0) is 35.6 Å². The van der Waals surface area contributed by atoms with Crippen molar-refractivity contribution in [1.82, 2.24) is 19.8 Å². The zero-order valence-electron chi connectivity index (χ0n) is 19.1. The first-order valence-corrected chi connectivity index (χ1v) is 11.6. The van der Waals surface area contributed by atoms with Crippen LogP contribution in [0.15, 0.2) is 58.7 Å². The average Bonchev–Trinajstić information content (AvgIpc) is 2.83. The fourth-order valence-corrected chi connectivity index (χ4v) is 4.58. The van der Waals surface area contributed by atoms with Crippen LogP contribution in [0.4, 0.5) is 0 Å². The van der Waals surface area contributed by atoms with Crippen molar-refractivity contribution in [3.8, 4) is 0 Å². The van der Waals surface area contributed by atoms with Crippen molar-refractivity contribution in [3.05, 3.63) is 59.7 Å². The van der Waals surface area contributed by atoms with E-state index < -0.39 is 0 Å². The fraction of sp³-hybridized carbons (Fsp3) is 0.385. The molecule has 6 heteroatoms. The topological polar surface area (TPSA) is 37.7 Å². The highest BCUT2D eigenvalue weighted by Crippen LogP contribution is 2.31. The van der Waals surface area contributed by atoms with Crippen LogP contribution in [0, 0.1) is 0 Å². The predicted octanol–water partition coefficient (Wildman–Crippen LogP) is 3.16. The van der Waals surface area contributed by atoms with E-state index in [0.717, 1.165) is 52.4 Å². The molecule has 0 aromatic heterocycles. The van der Waals surface area contributed by atoms with Crippen molar-refractivity contribution in [1.29, 1.82) is 0 Å². The van der Waals surface area contributed by atoms with Crippen LogP contribution >= 0.6 is 0 Å². The third-order valence-corrected chi connectivity index (χ3v) is 6.67. The Morgan fingerprint density at radius 3 is 1.16 bits per heavy atom. The summed E-state index contributed by atoms with van der Waals surface area (Å²) in [6, 6.07) is 17.3. The number of likely N-dealkylation sites (N-methyl/N-ethyl adjacent to an activating group) is 2. The van der Waals surface area contributed by atoms with Crippen LogP contribution in [0.1, 0.15) is 11.1 Å². The monoisotopic (exact) mass is 428 g/mol. The highest BCUT2D eigenvalue weighted by Gasteiger charge is 2.15. The number of benzene rings is 3. The largest absolute Gasteiger partial charge is 0.303 e. The van der Waals surface area contributed by atoms with E-state index in [9.17, 15) is 0 Å². The second kappa shape index (κ2) is 9.27. The minimum atomic E-state index is 0.971. The Morgan fingerprint density at radius 1 is 0.531 bits per heavy atom. The first-order chi connectivity index (χ1) is 15.7. The number of fused-ring (bicyclic) bond motifs is 2. The van der Waals surface area contributed by atoms with E-state index in [4.69, 9.17) is 10.2 Å². The van der Waals surface area contributed by atoms with E-state index in [1.54, 1.807) is 0 Å². The van der Waals surface area contributed by atoms with E-state index >= 15 is 0 Å². The van der Waals surface area contributed by atoms with Crippen molar-refractivity contribution in [2.75, 3.05) is 66.5 Å². The molecule has 0 radical (unpaired) electrons. The molecular formula is C26H32N6. The third kappa shape index (κ3) is 4.33. The molecule has 2 heterocycles. The zero-order valence-corrected chi connectivity index (χ0v) is 19.1. The molecule has 2 saturated heterocycles. The Bertz CT molecular complexity index is 991. The minimum absolute atomic E-state index is 0.971. The van der Waals surface area contributed by atoms with Gasteiger partial charge in [0.2, 0.25) is 0 Å². The van der Waals surface area contributed by atoms with Crippen LogP contribution < -0.4 is 0 Å². The quantitative estimate of drug-likeness (QED) is 0.473. The maximum absolute atomic E-state index is 4.88. The molecule has 0 N–H and O–H groups in total. The second-order valence-electron chi connectivity index (χ2n) is 8.92. The molecule has 2 aliphatic rings. The van der Waals surface area contributed by atoms with Gasteiger partial charge in [0, 0.05) is 63.5 Å². The molecule has 3 aromatic rings. The molecule has 0 saturated carbocycles. The SMILES string of the molecule is CN1CCN(/N=C/c2c3ccccc3c(/C=N/N3CCN(C)CC3)c3ccccc23)CC1. The van der Waals surface area contributed by atoms with Gasteiger partial charge < -0.3 is 9.80 Å². The molecule has 5 rings (SSSR count). The number of hydrazone groups is 2. The molecular weight excluding hydrogens is 396 g/mol. The maximum Gasteiger partial charge on any atom is 0.0555 e. The number of hydrogen-bond acceptors (Lipinski definition) is 6. The smallest absolute Gasteiger partial charge is 0.0555 e. The van der Waals surface area contributed by atoms with E-state index in [-0.39, 0.29) is 0 Å². The Morgan fingerprint density at radius 2 is 0.844 bits per heavy atom. The van der Waals surface area contributed by atoms with Crippen LogP contribution in [0.25, 0.3) is 21.5 Å². The lowest BCUT2D eigenvalue weighted by atomic mass is 9.92. The summed E-state index contributed by atoms with van der Waals surface area (Å²) in [7, 11) is 4.34.